The Morgan fingerprint density at radius 2 is 2.24 bits per heavy atom. The van der Waals surface area contributed by atoms with Crippen LogP contribution in [0.4, 0.5) is 5.82 Å². The van der Waals surface area contributed by atoms with Gasteiger partial charge in [0.25, 0.3) is 0 Å². The van der Waals surface area contributed by atoms with Crippen molar-refractivity contribution in [3.05, 3.63) is 18.1 Å². The first kappa shape index (κ1) is 11.8. The van der Waals surface area contributed by atoms with Gasteiger partial charge in [0, 0.05) is 17.8 Å². The summed E-state index contributed by atoms with van der Waals surface area (Å²) in [6, 6.07) is 2.23. The molecule has 0 bridgehead atoms. The van der Waals surface area contributed by atoms with Crippen molar-refractivity contribution >= 4 is 11.8 Å². The van der Waals surface area contributed by atoms with Crippen LogP contribution in [-0.4, -0.2) is 33.6 Å². The zero-order valence-electron chi connectivity index (χ0n) is 10.1. The van der Waals surface area contributed by atoms with Crippen molar-refractivity contribution in [1.29, 1.82) is 0 Å². The monoisotopic (exact) mass is 235 g/mol. The van der Waals surface area contributed by atoms with Crippen LogP contribution in [-0.2, 0) is 4.79 Å². The van der Waals surface area contributed by atoms with E-state index in [0.717, 1.165) is 24.4 Å². The summed E-state index contributed by atoms with van der Waals surface area (Å²) in [4.78, 5) is 21.1. The summed E-state index contributed by atoms with van der Waals surface area (Å²) < 4.78 is 0. The van der Waals surface area contributed by atoms with Crippen LogP contribution < -0.4 is 4.90 Å². The molecule has 92 valence electrons. The minimum absolute atomic E-state index is 0.0131. The lowest BCUT2D eigenvalue weighted by Crippen LogP contribution is -2.32. The maximum Gasteiger partial charge on any atom is 0.323 e. The fourth-order valence-electron chi connectivity index (χ4n) is 1.76. The van der Waals surface area contributed by atoms with Crippen LogP contribution in [0.3, 0.4) is 0 Å². The normalized spacial score (nSPS) is 15.0. The van der Waals surface area contributed by atoms with Gasteiger partial charge in [-0.15, -0.1) is 0 Å². The number of aromatic nitrogens is 2. The largest absolute Gasteiger partial charge is 0.480 e. The molecule has 1 N–H and O–H groups in total. The molecule has 0 spiro atoms. The predicted molar refractivity (Wildman–Crippen MR) is 64.1 cm³/mol. The van der Waals surface area contributed by atoms with Crippen LogP contribution in [0.1, 0.15) is 38.3 Å². The molecule has 1 heterocycles. The smallest absolute Gasteiger partial charge is 0.323 e. The number of rotatable bonds is 5. The van der Waals surface area contributed by atoms with E-state index in [4.69, 9.17) is 5.11 Å². The summed E-state index contributed by atoms with van der Waals surface area (Å²) in [7, 11) is 0. The van der Waals surface area contributed by atoms with Gasteiger partial charge in [-0.1, -0.05) is 13.8 Å². The maximum atomic E-state index is 10.8. The molecule has 1 fully saturated rings. The standard InChI is InChI=1S/C12H17N3O2/c1-8(2)10-5-11(14-7-13-10)15(6-12(16)17)9-3-4-9/h5,7-9H,3-4,6H2,1-2H3,(H,16,17). The van der Waals surface area contributed by atoms with Gasteiger partial charge < -0.3 is 10.0 Å². The Hall–Kier alpha value is -1.65. The molecule has 0 aromatic carbocycles. The van der Waals surface area contributed by atoms with Crippen molar-refractivity contribution in [1.82, 2.24) is 9.97 Å². The summed E-state index contributed by atoms with van der Waals surface area (Å²) >= 11 is 0. The molecule has 1 aliphatic carbocycles. The molecule has 0 unspecified atom stereocenters. The van der Waals surface area contributed by atoms with Gasteiger partial charge in [-0.05, 0) is 18.8 Å². The van der Waals surface area contributed by atoms with Gasteiger partial charge in [-0.25, -0.2) is 9.97 Å². The Morgan fingerprint density at radius 1 is 1.53 bits per heavy atom. The van der Waals surface area contributed by atoms with Crippen LogP contribution in [0, 0.1) is 0 Å². The number of hydrogen-bond donors (Lipinski definition) is 1. The molecule has 1 aliphatic rings. The van der Waals surface area contributed by atoms with E-state index in [9.17, 15) is 4.79 Å². The number of aliphatic carboxylic acids is 1. The van der Waals surface area contributed by atoms with Gasteiger partial charge >= 0.3 is 5.97 Å². The van der Waals surface area contributed by atoms with Crippen molar-refractivity contribution in [3.8, 4) is 0 Å². The van der Waals surface area contributed by atoms with E-state index in [0.29, 0.717) is 12.0 Å². The number of carboxylic acid groups (broad SMARTS) is 1. The highest BCUT2D eigenvalue weighted by molar-refractivity contribution is 5.73. The summed E-state index contributed by atoms with van der Waals surface area (Å²) in [6.45, 7) is 4.13. The third-order valence-corrected chi connectivity index (χ3v) is 2.85. The van der Waals surface area contributed by atoms with Gasteiger partial charge in [-0.2, -0.15) is 0 Å². The quantitative estimate of drug-likeness (QED) is 0.840. The second-order valence-electron chi connectivity index (χ2n) is 4.71. The van der Waals surface area contributed by atoms with Crippen molar-refractivity contribution in [2.24, 2.45) is 0 Å². The van der Waals surface area contributed by atoms with Crippen molar-refractivity contribution in [3.63, 3.8) is 0 Å². The Balaban J connectivity index is 2.22. The minimum atomic E-state index is -0.818. The number of carboxylic acids is 1. The lowest BCUT2D eigenvalue weighted by Gasteiger charge is -2.21. The van der Waals surface area contributed by atoms with Crippen LogP contribution in [0.15, 0.2) is 12.4 Å². The molecule has 17 heavy (non-hydrogen) atoms. The predicted octanol–water partition coefficient (Wildman–Crippen LogP) is 1.65. The zero-order chi connectivity index (χ0) is 12.4. The first-order valence-corrected chi connectivity index (χ1v) is 5.88. The van der Waals surface area contributed by atoms with Crippen LogP contribution in [0.5, 0.6) is 0 Å². The van der Waals surface area contributed by atoms with Gasteiger partial charge in [0.05, 0.1) is 0 Å². The van der Waals surface area contributed by atoms with E-state index < -0.39 is 5.97 Å². The highest BCUT2D eigenvalue weighted by Gasteiger charge is 2.31. The summed E-state index contributed by atoms with van der Waals surface area (Å²) in [5.74, 6) is 0.234. The lowest BCUT2D eigenvalue weighted by atomic mass is 10.1. The molecular weight excluding hydrogens is 218 g/mol. The third-order valence-electron chi connectivity index (χ3n) is 2.85. The van der Waals surface area contributed by atoms with E-state index >= 15 is 0 Å². The van der Waals surface area contributed by atoms with Crippen molar-refractivity contribution in [2.75, 3.05) is 11.4 Å². The maximum absolute atomic E-state index is 10.8. The van der Waals surface area contributed by atoms with E-state index in [1.54, 1.807) is 0 Å². The highest BCUT2D eigenvalue weighted by atomic mass is 16.4. The summed E-state index contributed by atoms with van der Waals surface area (Å²) in [6.07, 6.45) is 3.62. The molecule has 5 heteroatoms. The molecule has 0 radical (unpaired) electrons. The van der Waals surface area contributed by atoms with Gasteiger partial charge in [-0.3, -0.25) is 4.79 Å². The second-order valence-corrected chi connectivity index (χ2v) is 4.71. The van der Waals surface area contributed by atoms with Crippen molar-refractivity contribution < 1.29 is 9.90 Å². The Bertz CT molecular complexity index is 416. The molecular formula is C12H17N3O2. The van der Waals surface area contributed by atoms with E-state index in [-0.39, 0.29) is 6.54 Å². The Labute approximate surface area is 100 Å². The fraction of sp³-hybridized carbons (Fsp3) is 0.583. The average molecular weight is 235 g/mol. The van der Waals surface area contributed by atoms with Crippen LogP contribution in [0.2, 0.25) is 0 Å². The number of carbonyl (C=O) groups is 1. The van der Waals surface area contributed by atoms with Gasteiger partial charge in [0.2, 0.25) is 0 Å². The summed E-state index contributed by atoms with van der Waals surface area (Å²) in [5, 5.41) is 8.92. The second kappa shape index (κ2) is 4.69. The molecule has 1 aromatic heterocycles. The first-order chi connectivity index (χ1) is 8.08. The average Bonchev–Trinajstić information content (AvgIpc) is 3.09. The third kappa shape index (κ3) is 2.93. The SMILES string of the molecule is CC(C)c1cc(N(CC(=O)O)C2CC2)ncn1. The van der Waals surface area contributed by atoms with Gasteiger partial charge in [0.15, 0.2) is 0 Å². The van der Waals surface area contributed by atoms with E-state index in [2.05, 4.69) is 23.8 Å². The molecule has 0 atom stereocenters. The molecule has 1 saturated carbocycles. The molecule has 0 aliphatic heterocycles. The van der Waals surface area contributed by atoms with Crippen molar-refractivity contribution in [2.45, 2.75) is 38.6 Å². The molecule has 0 saturated heterocycles. The van der Waals surface area contributed by atoms with Crippen LogP contribution >= 0.6 is 0 Å². The van der Waals surface area contributed by atoms with E-state index in [1.807, 2.05) is 11.0 Å². The van der Waals surface area contributed by atoms with Gasteiger partial charge in [0.1, 0.15) is 18.7 Å². The number of anilines is 1. The fourth-order valence-corrected chi connectivity index (χ4v) is 1.76. The topological polar surface area (TPSA) is 66.3 Å². The Morgan fingerprint density at radius 3 is 2.76 bits per heavy atom. The summed E-state index contributed by atoms with van der Waals surface area (Å²) in [5.41, 5.74) is 0.950. The minimum Gasteiger partial charge on any atom is -0.480 e. The van der Waals surface area contributed by atoms with Crippen LogP contribution in [0.25, 0.3) is 0 Å². The molecule has 5 nitrogen and oxygen atoms in total. The molecule has 2 rings (SSSR count). The van der Waals surface area contributed by atoms with E-state index in [1.165, 1.54) is 6.33 Å². The molecule has 0 amide bonds. The lowest BCUT2D eigenvalue weighted by molar-refractivity contribution is -0.135. The highest BCUT2D eigenvalue weighted by Crippen LogP contribution is 2.30. The Kier molecular flexibility index (Phi) is 3.26. The first-order valence-electron chi connectivity index (χ1n) is 5.88. The number of hydrogen-bond acceptors (Lipinski definition) is 4. The number of nitrogens with zero attached hydrogens (tertiary/aromatic N) is 3. The molecule has 1 aromatic rings. The zero-order valence-corrected chi connectivity index (χ0v) is 10.1.